The van der Waals surface area contributed by atoms with Gasteiger partial charge in [-0.2, -0.15) is 0 Å². The van der Waals surface area contributed by atoms with E-state index in [0.717, 1.165) is 31.4 Å². The average Bonchev–Trinajstić information content (AvgIpc) is 2.69. The Morgan fingerprint density at radius 1 is 1.17 bits per heavy atom. The molecule has 2 aromatic heterocycles. The second kappa shape index (κ2) is 4.76. The van der Waals surface area contributed by atoms with Crippen molar-refractivity contribution in [2.45, 2.75) is 25.7 Å². The molecule has 1 amide bonds. The first-order valence-electron chi connectivity index (χ1n) is 6.43. The van der Waals surface area contributed by atoms with Gasteiger partial charge in [-0.25, -0.2) is 9.97 Å². The van der Waals surface area contributed by atoms with Gasteiger partial charge in [0.1, 0.15) is 0 Å². The van der Waals surface area contributed by atoms with Crippen LogP contribution < -0.4 is 0 Å². The Hall–Kier alpha value is -1.91. The molecule has 3 heterocycles. The maximum Gasteiger partial charge on any atom is 0.255 e. The number of pyridine rings is 1. The lowest BCUT2D eigenvalue weighted by Crippen LogP contribution is -2.31. The number of likely N-dealkylation sites (tertiary alicyclic amines) is 1. The van der Waals surface area contributed by atoms with Crippen molar-refractivity contribution in [1.29, 1.82) is 0 Å². The molecule has 1 saturated heterocycles. The van der Waals surface area contributed by atoms with Crippen molar-refractivity contribution in [3.63, 3.8) is 0 Å². The van der Waals surface area contributed by atoms with Crippen LogP contribution in [0.25, 0.3) is 11.2 Å². The van der Waals surface area contributed by atoms with Crippen LogP contribution in [0.15, 0.2) is 18.6 Å². The number of H-pyrrole nitrogens is 1. The Morgan fingerprint density at radius 2 is 1.94 bits per heavy atom. The zero-order chi connectivity index (χ0) is 12.4. The van der Waals surface area contributed by atoms with Crippen molar-refractivity contribution in [3.05, 3.63) is 24.2 Å². The van der Waals surface area contributed by atoms with E-state index in [1.165, 1.54) is 12.8 Å². The Kier molecular flexibility index (Phi) is 2.96. The van der Waals surface area contributed by atoms with Gasteiger partial charge < -0.3 is 9.88 Å². The first-order valence-corrected chi connectivity index (χ1v) is 6.43. The highest BCUT2D eigenvalue weighted by Gasteiger charge is 2.18. The molecule has 5 nitrogen and oxygen atoms in total. The molecular weight excluding hydrogens is 228 g/mol. The first-order chi connectivity index (χ1) is 8.84. The van der Waals surface area contributed by atoms with Crippen molar-refractivity contribution in [2.75, 3.05) is 13.1 Å². The summed E-state index contributed by atoms with van der Waals surface area (Å²) in [5, 5.41) is 0. The topological polar surface area (TPSA) is 61.9 Å². The third-order valence-electron chi connectivity index (χ3n) is 3.41. The number of aromatic amines is 1. The van der Waals surface area contributed by atoms with E-state index in [0.29, 0.717) is 11.2 Å². The third kappa shape index (κ3) is 2.08. The molecule has 0 aromatic carbocycles. The summed E-state index contributed by atoms with van der Waals surface area (Å²) in [6.07, 6.45) is 7.87. The number of fused-ring (bicyclic) bond motifs is 1. The summed E-state index contributed by atoms with van der Waals surface area (Å²) in [5.41, 5.74) is 2.12. The number of nitrogens with zero attached hydrogens (tertiary/aromatic N) is 3. The Balaban J connectivity index is 1.85. The molecule has 1 N–H and O–H groups in total. The van der Waals surface area contributed by atoms with Gasteiger partial charge in [-0.1, -0.05) is 12.8 Å². The fraction of sp³-hybridized carbons (Fsp3) is 0.462. The average molecular weight is 244 g/mol. The number of rotatable bonds is 1. The molecule has 2 aromatic rings. The second-order valence-corrected chi connectivity index (χ2v) is 4.70. The molecule has 18 heavy (non-hydrogen) atoms. The molecule has 0 unspecified atom stereocenters. The van der Waals surface area contributed by atoms with Crippen LogP contribution in [0.3, 0.4) is 0 Å². The van der Waals surface area contributed by atoms with Crippen LogP contribution in [0, 0.1) is 0 Å². The van der Waals surface area contributed by atoms with E-state index in [-0.39, 0.29) is 5.91 Å². The van der Waals surface area contributed by atoms with E-state index in [1.54, 1.807) is 12.5 Å². The molecule has 0 radical (unpaired) electrons. The lowest BCUT2D eigenvalue weighted by atomic mass is 10.2. The molecule has 5 heteroatoms. The van der Waals surface area contributed by atoms with E-state index >= 15 is 0 Å². The molecule has 0 saturated carbocycles. The maximum atomic E-state index is 12.4. The van der Waals surface area contributed by atoms with Gasteiger partial charge in [0.05, 0.1) is 17.4 Å². The van der Waals surface area contributed by atoms with Gasteiger partial charge in [-0.05, 0) is 18.9 Å². The minimum atomic E-state index is 0.0842. The smallest absolute Gasteiger partial charge is 0.255 e. The number of hydrogen-bond acceptors (Lipinski definition) is 3. The Bertz CT molecular complexity index is 555. The summed E-state index contributed by atoms with van der Waals surface area (Å²) in [6, 6.07) is 1.84. The molecule has 0 spiro atoms. The minimum Gasteiger partial charge on any atom is -0.343 e. The third-order valence-corrected chi connectivity index (χ3v) is 3.41. The van der Waals surface area contributed by atoms with Crippen LogP contribution in [0.2, 0.25) is 0 Å². The predicted octanol–water partition coefficient (Wildman–Crippen LogP) is 1.97. The number of amides is 1. The lowest BCUT2D eigenvalue weighted by Gasteiger charge is -2.19. The van der Waals surface area contributed by atoms with Crippen LogP contribution in [-0.2, 0) is 0 Å². The number of carbonyl (C=O) groups excluding carboxylic acids is 1. The fourth-order valence-corrected chi connectivity index (χ4v) is 2.40. The highest BCUT2D eigenvalue weighted by molar-refractivity contribution is 5.96. The molecule has 3 rings (SSSR count). The zero-order valence-corrected chi connectivity index (χ0v) is 10.2. The van der Waals surface area contributed by atoms with Crippen LogP contribution in [0.5, 0.6) is 0 Å². The summed E-state index contributed by atoms with van der Waals surface area (Å²) in [6.45, 7) is 1.72. The largest absolute Gasteiger partial charge is 0.343 e. The second-order valence-electron chi connectivity index (χ2n) is 4.70. The monoisotopic (exact) mass is 244 g/mol. The molecule has 0 aliphatic carbocycles. The van der Waals surface area contributed by atoms with Crippen LogP contribution in [0.1, 0.15) is 36.0 Å². The Morgan fingerprint density at radius 3 is 2.72 bits per heavy atom. The van der Waals surface area contributed by atoms with Gasteiger partial charge in [0.25, 0.3) is 5.91 Å². The van der Waals surface area contributed by atoms with E-state index < -0.39 is 0 Å². The molecule has 94 valence electrons. The molecule has 0 bridgehead atoms. The van der Waals surface area contributed by atoms with Crippen molar-refractivity contribution in [3.8, 4) is 0 Å². The van der Waals surface area contributed by atoms with Gasteiger partial charge in [0, 0.05) is 19.3 Å². The van der Waals surface area contributed by atoms with Gasteiger partial charge in [0.15, 0.2) is 5.65 Å². The van der Waals surface area contributed by atoms with E-state index in [9.17, 15) is 4.79 Å². The molecule has 1 aliphatic rings. The SMILES string of the molecule is O=C(c1cnc2nc[nH]c2c1)N1CCCCCC1. The van der Waals surface area contributed by atoms with Crippen molar-refractivity contribution >= 4 is 17.1 Å². The van der Waals surface area contributed by atoms with Gasteiger partial charge in [-0.15, -0.1) is 0 Å². The number of aromatic nitrogens is 3. The quantitative estimate of drug-likeness (QED) is 0.834. The standard InChI is InChI=1S/C13H16N4O/c18-13(17-5-3-1-2-4-6-17)10-7-11-12(14-8-10)16-9-15-11/h7-9H,1-6H2,(H,14,15,16). The summed E-state index contributed by atoms with van der Waals surface area (Å²) < 4.78 is 0. The summed E-state index contributed by atoms with van der Waals surface area (Å²) in [5.74, 6) is 0.0842. The molecular formula is C13H16N4O. The van der Waals surface area contributed by atoms with Crippen LogP contribution >= 0.6 is 0 Å². The fourth-order valence-electron chi connectivity index (χ4n) is 2.40. The van der Waals surface area contributed by atoms with Crippen LogP contribution in [-0.4, -0.2) is 38.8 Å². The summed E-state index contributed by atoms with van der Waals surface area (Å²) in [4.78, 5) is 25.5. The lowest BCUT2D eigenvalue weighted by molar-refractivity contribution is 0.0761. The van der Waals surface area contributed by atoms with Crippen LogP contribution in [0.4, 0.5) is 0 Å². The van der Waals surface area contributed by atoms with E-state index in [4.69, 9.17) is 0 Å². The normalized spacial score (nSPS) is 16.8. The number of nitrogens with one attached hydrogen (secondary N) is 1. The molecule has 1 fully saturated rings. The number of imidazole rings is 1. The molecule has 0 atom stereocenters. The first kappa shape index (κ1) is 11.2. The Labute approximate surface area is 105 Å². The van der Waals surface area contributed by atoms with Gasteiger partial charge in [0.2, 0.25) is 0 Å². The maximum absolute atomic E-state index is 12.4. The van der Waals surface area contributed by atoms with Gasteiger partial charge in [-0.3, -0.25) is 4.79 Å². The summed E-state index contributed by atoms with van der Waals surface area (Å²) >= 11 is 0. The van der Waals surface area contributed by atoms with E-state index in [1.807, 2.05) is 11.0 Å². The number of carbonyl (C=O) groups is 1. The van der Waals surface area contributed by atoms with Gasteiger partial charge >= 0.3 is 0 Å². The zero-order valence-electron chi connectivity index (χ0n) is 10.2. The van der Waals surface area contributed by atoms with Crippen molar-refractivity contribution < 1.29 is 4.79 Å². The van der Waals surface area contributed by atoms with E-state index in [2.05, 4.69) is 15.0 Å². The van der Waals surface area contributed by atoms with Crippen molar-refractivity contribution in [1.82, 2.24) is 19.9 Å². The molecule has 1 aliphatic heterocycles. The highest BCUT2D eigenvalue weighted by Crippen LogP contribution is 2.15. The summed E-state index contributed by atoms with van der Waals surface area (Å²) in [7, 11) is 0. The highest BCUT2D eigenvalue weighted by atomic mass is 16.2. The minimum absolute atomic E-state index is 0.0842. The predicted molar refractivity (Wildman–Crippen MR) is 68.3 cm³/mol. The van der Waals surface area contributed by atoms with Crippen molar-refractivity contribution in [2.24, 2.45) is 0 Å². The number of hydrogen-bond donors (Lipinski definition) is 1.